The second kappa shape index (κ2) is 13.8. The highest BCUT2D eigenvalue weighted by atomic mass is 16.8. The van der Waals surface area contributed by atoms with E-state index in [1.165, 1.54) is 11.1 Å². The Labute approximate surface area is 281 Å². The number of nitrogens with one attached hydrogen (secondary N) is 3. The Hall–Kier alpha value is -4.10. The summed E-state index contributed by atoms with van der Waals surface area (Å²) < 4.78 is 20.8. The van der Waals surface area contributed by atoms with Gasteiger partial charge in [-0.15, -0.1) is 0 Å². The second-order valence-corrected chi connectivity index (χ2v) is 13.3. The normalized spacial score (nSPS) is 25.3. The maximum Gasteiger partial charge on any atom is 0.252 e. The van der Waals surface area contributed by atoms with Crippen molar-refractivity contribution in [3.05, 3.63) is 78.1 Å². The van der Waals surface area contributed by atoms with Gasteiger partial charge in [-0.1, -0.05) is 67.6 Å². The zero-order valence-electron chi connectivity index (χ0n) is 28.1. The number of fused-ring (bicyclic) bond motifs is 2. The minimum Gasteiger partial charge on any atom is -0.367 e. The molecule has 0 radical (unpaired) electrons. The minimum atomic E-state index is -0.872. The van der Waals surface area contributed by atoms with Gasteiger partial charge in [0.2, 0.25) is 5.95 Å². The van der Waals surface area contributed by atoms with Crippen LogP contribution < -0.4 is 16.0 Å². The van der Waals surface area contributed by atoms with Crippen molar-refractivity contribution in [2.45, 2.75) is 82.8 Å². The largest absolute Gasteiger partial charge is 0.367 e. The van der Waals surface area contributed by atoms with Crippen LogP contribution in [0.5, 0.6) is 0 Å². The lowest BCUT2D eigenvalue weighted by molar-refractivity contribution is -0.197. The summed E-state index contributed by atoms with van der Waals surface area (Å²) in [7, 11) is 0. The average molecular weight is 655 g/mol. The van der Waals surface area contributed by atoms with Crippen LogP contribution >= 0.6 is 0 Å². The zero-order valence-corrected chi connectivity index (χ0v) is 28.1. The lowest BCUT2D eigenvalue weighted by Crippen LogP contribution is -2.42. The Bertz CT molecular complexity index is 1660. The summed E-state index contributed by atoms with van der Waals surface area (Å²) in [6.45, 7) is 11.9. The highest BCUT2D eigenvalue weighted by molar-refractivity contribution is 5.85. The third-order valence-corrected chi connectivity index (χ3v) is 9.50. The van der Waals surface area contributed by atoms with Gasteiger partial charge in [-0.2, -0.15) is 9.97 Å². The zero-order chi connectivity index (χ0) is 33.3. The molecule has 0 spiro atoms. The summed E-state index contributed by atoms with van der Waals surface area (Å²) in [5.74, 6) is 0.119. The van der Waals surface area contributed by atoms with Crippen LogP contribution in [0.2, 0.25) is 0 Å². The first-order valence-corrected chi connectivity index (χ1v) is 17.2. The molecule has 0 saturated carbocycles. The first-order chi connectivity index (χ1) is 23.3. The van der Waals surface area contributed by atoms with Gasteiger partial charge in [-0.3, -0.25) is 9.36 Å². The number of hydrogen-bond donors (Lipinski definition) is 3. The smallest absolute Gasteiger partial charge is 0.252 e. The lowest BCUT2D eigenvalue weighted by atomic mass is 9.91. The van der Waals surface area contributed by atoms with Gasteiger partial charge in [0.15, 0.2) is 35.1 Å². The van der Waals surface area contributed by atoms with E-state index in [2.05, 4.69) is 76.3 Å². The van der Waals surface area contributed by atoms with E-state index in [0.29, 0.717) is 36.0 Å². The number of hydrogen-bond acceptors (Lipinski definition) is 10. The van der Waals surface area contributed by atoms with Crippen molar-refractivity contribution in [2.75, 3.05) is 43.4 Å². The first kappa shape index (κ1) is 32.4. The van der Waals surface area contributed by atoms with Crippen molar-refractivity contribution < 1.29 is 19.0 Å². The highest BCUT2D eigenvalue weighted by Crippen LogP contribution is 2.44. The van der Waals surface area contributed by atoms with E-state index >= 15 is 0 Å². The Morgan fingerprint density at radius 3 is 2.40 bits per heavy atom. The van der Waals surface area contributed by atoms with Crippen LogP contribution in [0.25, 0.3) is 11.2 Å². The number of nitrogens with zero attached hydrogens (tertiary/aromatic N) is 5. The van der Waals surface area contributed by atoms with E-state index in [4.69, 9.17) is 29.2 Å². The SMILES string of the molecule is CCNC(=O)[C@H]1O[C@@H](n2cnc3c(NCC(c4ccccc4)c4ccccc4)nc(NC4CCCN(CC)C4)nc32)[C@@H]2OC(C)(C)O[C@@H]21. The number of anilines is 2. The van der Waals surface area contributed by atoms with Gasteiger partial charge < -0.3 is 35.1 Å². The standard InChI is InChI=1S/C36H46N8O4/c1-5-37-33(45)29-28-30(48-36(3,4)47-28)34(46-29)44-22-39-27-31(41-35(42-32(27)44)40-25-18-13-19-43(6-2)21-25)38-20-26(23-14-9-7-10-15-23)24-16-11-8-12-17-24/h7-12,14-17,22,25-26,28-30,34H,5-6,13,18-21H2,1-4H3,(H,37,45)(H2,38,40,41,42)/t25?,28-,29+,30-,34-/m1/s1. The van der Waals surface area contributed by atoms with Crippen LogP contribution in [0.3, 0.4) is 0 Å². The first-order valence-electron chi connectivity index (χ1n) is 17.2. The topological polar surface area (TPSA) is 128 Å². The Balaban J connectivity index is 1.25. The van der Waals surface area contributed by atoms with Gasteiger partial charge in [0.05, 0.1) is 6.33 Å². The molecule has 48 heavy (non-hydrogen) atoms. The number of aromatic nitrogens is 4. The molecule has 3 saturated heterocycles. The van der Waals surface area contributed by atoms with Gasteiger partial charge in [-0.25, -0.2) is 4.98 Å². The number of piperidine rings is 1. The Morgan fingerprint density at radius 2 is 1.71 bits per heavy atom. The van der Waals surface area contributed by atoms with E-state index in [1.54, 1.807) is 6.33 Å². The molecule has 3 aliphatic rings. The summed E-state index contributed by atoms with van der Waals surface area (Å²) in [6, 6.07) is 21.2. The van der Waals surface area contributed by atoms with Crippen molar-refractivity contribution in [2.24, 2.45) is 0 Å². The van der Waals surface area contributed by atoms with Crippen LogP contribution in [0.15, 0.2) is 67.0 Å². The van der Waals surface area contributed by atoms with Crippen LogP contribution in [-0.4, -0.2) is 93.2 Å². The fraction of sp³-hybridized carbons (Fsp3) is 0.500. The Kier molecular flexibility index (Phi) is 9.32. The molecule has 3 N–H and O–H groups in total. The van der Waals surface area contributed by atoms with Gasteiger partial charge in [0.25, 0.3) is 5.91 Å². The maximum absolute atomic E-state index is 13.1. The molecule has 4 aromatic rings. The molecule has 12 nitrogen and oxygen atoms in total. The molecule has 2 aromatic heterocycles. The molecule has 1 unspecified atom stereocenters. The molecular weight excluding hydrogens is 608 g/mol. The Morgan fingerprint density at radius 1 is 1.00 bits per heavy atom. The van der Waals surface area contributed by atoms with Crippen molar-refractivity contribution in [1.29, 1.82) is 0 Å². The van der Waals surface area contributed by atoms with Crippen molar-refractivity contribution in [3.8, 4) is 0 Å². The van der Waals surface area contributed by atoms with Crippen LogP contribution in [0.4, 0.5) is 11.8 Å². The average Bonchev–Trinajstić information content (AvgIpc) is 3.76. The molecule has 3 aliphatic heterocycles. The molecule has 3 fully saturated rings. The molecule has 0 aliphatic carbocycles. The summed E-state index contributed by atoms with van der Waals surface area (Å²) >= 11 is 0. The number of benzene rings is 2. The highest BCUT2D eigenvalue weighted by Gasteiger charge is 2.58. The summed E-state index contributed by atoms with van der Waals surface area (Å²) in [6.07, 6.45) is 1.22. The number of imidazole rings is 1. The van der Waals surface area contributed by atoms with Crippen LogP contribution in [0, 0.1) is 0 Å². The summed E-state index contributed by atoms with van der Waals surface area (Å²) in [5, 5.41) is 10.2. The number of likely N-dealkylation sites (tertiary alicyclic amines) is 1. The third kappa shape index (κ3) is 6.62. The number of rotatable bonds is 11. The molecule has 2 aromatic carbocycles. The minimum absolute atomic E-state index is 0.0791. The fourth-order valence-electron chi connectivity index (χ4n) is 7.22. The number of ether oxygens (including phenoxy) is 3. The van der Waals surface area contributed by atoms with Crippen LogP contribution in [0.1, 0.15) is 63.8 Å². The van der Waals surface area contributed by atoms with Crippen molar-refractivity contribution >= 4 is 28.8 Å². The van der Waals surface area contributed by atoms with Crippen molar-refractivity contribution in [1.82, 2.24) is 29.7 Å². The van der Waals surface area contributed by atoms with Gasteiger partial charge in [-0.05, 0) is 57.8 Å². The van der Waals surface area contributed by atoms with Crippen LogP contribution in [-0.2, 0) is 19.0 Å². The molecule has 5 atom stereocenters. The predicted molar refractivity (Wildman–Crippen MR) is 184 cm³/mol. The molecule has 5 heterocycles. The van der Waals surface area contributed by atoms with E-state index in [-0.39, 0.29) is 17.9 Å². The van der Waals surface area contributed by atoms with E-state index in [9.17, 15) is 4.79 Å². The molecule has 7 rings (SSSR count). The lowest BCUT2D eigenvalue weighted by Gasteiger charge is -2.32. The van der Waals surface area contributed by atoms with Gasteiger partial charge >= 0.3 is 0 Å². The molecule has 0 bridgehead atoms. The predicted octanol–water partition coefficient (Wildman–Crippen LogP) is 4.52. The third-order valence-electron chi connectivity index (χ3n) is 9.50. The number of likely N-dealkylation sites (N-methyl/N-ethyl adjacent to an activating group) is 2. The molecular formula is C36H46N8O4. The molecule has 1 amide bonds. The van der Waals surface area contributed by atoms with E-state index in [0.717, 1.165) is 32.5 Å². The summed E-state index contributed by atoms with van der Waals surface area (Å²) in [4.78, 5) is 30.4. The molecule has 254 valence electrons. The number of amides is 1. The van der Waals surface area contributed by atoms with Crippen molar-refractivity contribution in [3.63, 3.8) is 0 Å². The second-order valence-electron chi connectivity index (χ2n) is 13.3. The molecule has 12 heteroatoms. The number of carbonyl (C=O) groups excluding carboxylic acids is 1. The quantitative estimate of drug-likeness (QED) is 0.213. The van der Waals surface area contributed by atoms with E-state index in [1.807, 2.05) is 37.5 Å². The van der Waals surface area contributed by atoms with Gasteiger partial charge in [0.1, 0.15) is 12.2 Å². The maximum atomic E-state index is 13.1. The van der Waals surface area contributed by atoms with E-state index < -0.39 is 30.3 Å². The fourth-order valence-corrected chi connectivity index (χ4v) is 7.22. The van der Waals surface area contributed by atoms with Gasteiger partial charge in [0, 0.05) is 31.6 Å². The number of carbonyl (C=O) groups is 1. The monoisotopic (exact) mass is 654 g/mol. The summed E-state index contributed by atoms with van der Waals surface area (Å²) in [5.41, 5.74) is 3.60.